The van der Waals surface area contributed by atoms with E-state index in [4.69, 9.17) is 5.11 Å². The van der Waals surface area contributed by atoms with E-state index in [0.717, 1.165) is 6.42 Å². The molecule has 2 rings (SSSR count). The Morgan fingerprint density at radius 3 is 2.71 bits per heavy atom. The Bertz CT molecular complexity index is 449. The molecule has 0 saturated heterocycles. The van der Waals surface area contributed by atoms with Gasteiger partial charge in [-0.25, -0.2) is 4.98 Å². The maximum atomic E-state index is 11.8. The number of carbonyl (C=O) groups excluding carboxylic acids is 1. The number of carbonyl (C=O) groups is 2. The number of rotatable bonds is 4. The Balaban J connectivity index is 1.97. The molecular weight excluding hydrogens is 222 g/mol. The van der Waals surface area contributed by atoms with Gasteiger partial charge in [0.25, 0.3) is 5.91 Å². The summed E-state index contributed by atoms with van der Waals surface area (Å²) in [5.74, 6) is -1.11. The first-order chi connectivity index (χ1) is 8.05. The summed E-state index contributed by atoms with van der Waals surface area (Å²) in [6, 6.07) is 0. The molecule has 1 aromatic heterocycles. The van der Waals surface area contributed by atoms with Crippen molar-refractivity contribution in [2.75, 3.05) is 6.54 Å². The van der Waals surface area contributed by atoms with Gasteiger partial charge in [-0.3, -0.25) is 9.59 Å². The van der Waals surface area contributed by atoms with Gasteiger partial charge in [-0.15, -0.1) is 0 Å². The molecule has 0 atom stereocenters. The highest BCUT2D eigenvalue weighted by molar-refractivity contribution is 5.92. The minimum atomic E-state index is -0.825. The molecule has 0 radical (unpaired) electrons. The van der Waals surface area contributed by atoms with E-state index < -0.39 is 11.4 Å². The molecule has 1 saturated carbocycles. The fourth-order valence-corrected chi connectivity index (χ4v) is 1.99. The van der Waals surface area contributed by atoms with Gasteiger partial charge in [0.1, 0.15) is 5.69 Å². The molecule has 17 heavy (non-hydrogen) atoms. The van der Waals surface area contributed by atoms with Crippen molar-refractivity contribution < 1.29 is 14.7 Å². The van der Waals surface area contributed by atoms with Crippen LogP contribution >= 0.6 is 0 Å². The molecule has 1 aliphatic carbocycles. The summed E-state index contributed by atoms with van der Waals surface area (Å²) in [5, 5.41) is 11.8. The van der Waals surface area contributed by atoms with Crippen LogP contribution in [0.1, 0.15) is 29.8 Å². The minimum Gasteiger partial charge on any atom is -0.481 e. The van der Waals surface area contributed by atoms with Crippen LogP contribution in [0.15, 0.2) is 12.5 Å². The predicted molar refractivity (Wildman–Crippen MR) is 59.5 cm³/mol. The normalized spacial score (nSPS) is 17.2. The summed E-state index contributed by atoms with van der Waals surface area (Å²) in [6.07, 6.45) is 5.17. The molecule has 1 aromatic rings. The second-order valence-corrected chi connectivity index (χ2v) is 4.51. The van der Waals surface area contributed by atoms with E-state index in [1.165, 1.54) is 12.5 Å². The lowest BCUT2D eigenvalue weighted by Crippen LogP contribution is -2.47. The molecule has 0 aliphatic heterocycles. The molecule has 1 fully saturated rings. The largest absolute Gasteiger partial charge is 0.481 e. The number of hydrogen-bond donors (Lipinski definition) is 2. The second-order valence-electron chi connectivity index (χ2n) is 4.51. The van der Waals surface area contributed by atoms with Gasteiger partial charge in [0, 0.05) is 13.6 Å². The highest BCUT2D eigenvalue weighted by Crippen LogP contribution is 2.40. The van der Waals surface area contributed by atoms with Crippen molar-refractivity contribution in [1.82, 2.24) is 14.9 Å². The Morgan fingerprint density at radius 1 is 1.59 bits per heavy atom. The van der Waals surface area contributed by atoms with Gasteiger partial charge in [0.15, 0.2) is 0 Å². The van der Waals surface area contributed by atoms with E-state index in [1.807, 2.05) is 0 Å². The van der Waals surface area contributed by atoms with Gasteiger partial charge < -0.3 is 15.0 Å². The molecule has 0 aromatic carbocycles. The van der Waals surface area contributed by atoms with E-state index in [2.05, 4.69) is 10.3 Å². The van der Waals surface area contributed by atoms with Crippen molar-refractivity contribution >= 4 is 11.9 Å². The zero-order valence-corrected chi connectivity index (χ0v) is 9.64. The maximum absolute atomic E-state index is 11.8. The summed E-state index contributed by atoms with van der Waals surface area (Å²) in [4.78, 5) is 26.7. The fraction of sp³-hybridized carbons (Fsp3) is 0.545. The lowest BCUT2D eigenvalue weighted by atomic mass is 9.69. The van der Waals surface area contributed by atoms with Crippen molar-refractivity contribution in [2.24, 2.45) is 12.5 Å². The molecule has 0 unspecified atom stereocenters. The molecule has 6 heteroatoms. The number of nitrogens with zero attached hydrogens (tertiary/aromatic N) is 2. The quantitative estimate of drug-likeness (QED) is 0.794. The van der Waals surface area contributed by atoms with Crippen LogP contribution in [0.5, 0.6) is 0 Å². The highest BCUT2D eigenvalue weighted by Gasteiger charge is 2.44. The number of hydrogen-bond acceptors (Lipinski definition) is 3. The van der Waals surface area contributed by atoms with E-state index in [9.17, 15) is 9.59 Å². The summed E-state index contributed by atoms with van der Waals surface area (Å²) >= 11 is 0. The van der Waals surface area contributed by atoms with Crippen LogP contribution in [0.2, 0.25) is 0 Å². The van der Waals surface area contributed by atoms with Crippen LogP contribution in [-0.4, -0.2) is 33.1 Å². The fourth-order valence-electron chi connectivity index (χ4n) is 1.99. The highest BCUT2D eigenvalue weighted by atomic mass is 16.4. The topological polar surface area (TPSA) is 84.2 Å². The summed E-state index contributed by atoms with van der Waals surface area (Å²) in [5.41, 5.74) is -0.321. The molecule has 1 aliphatic rings. The van der Waals surface area contributed by atoms with Gasteiger partial charge in [0.05, 0.1) is 17.9 Å². The van der Waals surface area contributed by atoms with Crippen molar-refractivity contribution in [1.29, 1.82) is 0 Å². The predicted octanol–water partition coefficient (Wildman–Crippen LogP) is 0.405. The lowest BCUT2D eigenvalue weighted by Gasteiger charge is -2.37. The summed E-state index contributed by atoms with van der Waals surface area (Å²) in [7, 11) is 1.72. The van der Waals surface area contributed by atoms with Gasteiger partial charge in [0.2, 0.25) is 0 Å². The first-order valence-electron chi connectivity index (χ1n) is 5.53. The number of aryl methyl sites for hydroxylation is 1. The second kappa shape index (κ2) is 4.20. The molecule has 0 bridgehead atoms. The third kappa shape index (κ3) is 2.02. The van der Waals surface area contributed by atoms with Crippen molar-refractivity contribution in [2.45, 2.75) is 19.3 Å². The lowest BCUT2D eigenvalue weighted by molar-refractivity contribution is -0.153. The van der Waals surface area contributed by atoms with E-state index in [1.54, 1.807) is 11.6 Å². The number of aromatic nitrogens is 2. The van der Waals surface area contributed by atoms with E-state index >= 15 is 0 Å². The Kier molecular flexibility index (Phi) is 2.87. The third-order valence-electron chi connectivity index (χ3n) is 3.40. The Hall–Kier alpha value is -1.85. The van der Waals surface area contributed by atoms with E-state index in [-0.39, 0.29) is 12.5 Å². The zero-order valence-electron chi connectivity index (χ0n) is 9.64. The van der Waals surface area contributed by atoms with Crippen LogP contribution in [-0.2, 0) is 11.8 Å². The van der Waals surface area contributed by atoms with Crippen LogP contribution in [0.3, 0.4) is 0 Å². The number of amides is 1. The van der Waals surface area contributed by atoms with Gasteiger partial charge >= 0.3 is 5.97 Å². The molecule has 1 heterocycles. The maximum Gasteiger partial charge on any atom is 0.311 e. The minimum absolute atomic E-state index is 0.187. The number of aliphatic carboxylic acids is 1. The molecule has 1 amide bonds. The Labute approximate surface area is 98.7 Å². The smallest absolute Gasteiger partial charge is 0.311 e. The molecule has 2 N–H and O–H groups in total. The number of carboxylic acids is 1. The number of carboxylic acid groups (broad SMARTS) is 1. The first kappa shape index (κ1) is 11.6. The molecule has 6 nitrogen and oxygen atoms in total. The van der Waals surface area contributed by atoms with Crippen LogP contribution in [0.4, 0.5) is 0 Å². The molecule has 92 valence electrons. The number of imidazole rings is 1. The average molecular weight is 237 g/mol. The van der Waals surface area contributed by atoms with Crippen LogP contribution in [0.25, 0.3) is 0 Å². The van der Waals surface area contributed by atoms with Gasteiger partial charge in [-0.2, -0.15) is 0 Å². The third-order valence-corrected chi connectivity index (χ3v) is 3.40. The Morgan fingerprint density at radius 2 is 2.29 bits per heavy atom. The summed E-state index contributed by atoms with van der Waals surface area (Å²) in [6.45, 7) is 0.187. The zero-order chi connectivity index (χ0) is 12.5. The van der Waals surface area contributed by atoms with Crippen molar-refractivity contribution in [3.05, 3.63) is 18.2 Å². The standard InChI is InChI=1S/C11H15N3O3/c1-14-7-12-5-8(14)9(15)13-6-11(10(16)17)3-2-4-11/h5,7H,2-4,6H2,1H3,(H,13,15)(H,16,17). The average Bonchev–Trinajstić information content (AvgIpc) is 2.62. The monoisotopic (exact) mass is 237 g/mol. The van der Waals surface area contributed by atoms with Gasteiger partial charge in [-0.05, 0) is 12.8 Å². The molecule has 0 spiro atoms. The SMILES string of the molecule is Cn1cncc1C(=O)NCC1(C(=O)O)CCC1. The van der Waals surface area contributed by atoms with Crippen molar-refractivity contribution in [3.63, 3.8) is 0 Å². The van der Waals surface area contributed by atoms with Crippen LogP contribution < -0.4 is 5.32 Å². The summed E-state index contributed by atoms with van der Waals surface area (Å²) < 4.78 is 1.60. The van der Waals surface area contributed by atoms with Crippen molar-refractivity contribution in [3.8, 4) is 0 Å². The molecular formula is C11H15N3O3. The van der Waals surface area contributed by atoms with Gasteiger partial charge in [-0.1, -0.05) is 6.42 Å². The number of nitrogens with one attached hydrogen (secondary N) is 1. The van der Waals surface area contributed by atoms with Crippen LogP contribution in [0, 0.1) is 5.41 Å². The first-order valence-corrected chi connectivity index (χ1v) is 5.53. The van der Waals surface area contributed by atoms with E-state index in [0.29, 0.717) is 18.5 Å².